The van der Waals surface area contributed by atoms with Gasteiger partial charge in [0.15, 0.2) is 5.96 Å². The van der Waals surface area contributed by atoms with Crippen LogP contribution in [0.1, 0.15) is 18.5 Å². The van der Waals surface area contributed by atoms with E-state index in [4.69, 9.17) is 4.42 Å². The molecule has 28 heavy (non-hydrogen) atoms. The van der Waals surface area contributed by atoms with Gasteiger partial charge in [-0.25, -0.2) is 4.98 Å². The third-order valence-corrected chi connectivity index (χ3v) is 4.99. The highest BCUT2D eigenvalue weighted by atomic mass is 16.3. The molecule has 0 bridgehead atoms. The van der Waals surface area contributed by atoms with E-state index in [-0.39, 0.29) is 0 Å². The number of nitrogens with one attached hydrogen (secondary N) is 2. The molecule has 2 aromatic rings. The summed E-state index contributed by atoms with van der Waals surface area (Å²) in [5.74, 6) is 1.43. The maximum atomic E-state index is 5.58. The Labute approximate surface area is 167 Å². The van der Waals surface area contributed by atoms with Crippen molar-refractivity contribution in [3.63, 3.8) is 0 Å². The van der Waals surface area contributed by atoms with Crippen LogP contribution >= 0.6 is 0 Å². The Morgan fingerprint density at radius 2 is 2.00 bits per heavy atom. The molecule has 0 atom stereocenters. The highest BCUT2D eigenvalue weighted by Gasteiger charge is 2.11. The summed E-state index contributed by atoms with van der Waals surface area (Å²) in [5, 5.41) is 6.69. The molecule has 152 valence electrons. The van der Waals surface area contributed by atoms with Crippen LogP contribution < -0.4 is 10.6 Å². The second kappa shape index (κ2) is 10.8. The van der Waals surface area contributed by atoms with Gasteiger partial charge < -0.3 is 24.9 Å². The summed E-state index contributed by atoms with van der Waals surface area (Å²) in [6.07, 6.45) is 4.06. The first kappa shape index (κ1) is 20.4. The molecular weight excluding hydrogens is 352 g/mol. The molecular formula is C21H32N6O. The number of aliphatic imine (C=N–C) groups is 1. The van der Waals surface area contributed by atoms with Crippen molar-refractivity contribution >= 4 is 5.96 Å². The van der Waals surface area contributed by atoms with Crippen LogP contribution in [0, 0.1) is 0 Å². The van der Waals surface area contributed by atoms with E-state index in [9.17, 15) is 0 Å². The van der Waals surface area contributed by atoms with E-state index in [1.54, 1.807) is 13.3 Å². The van der Waals surface area contributed by atoms with Gasteiger partial charge in [-0.3, -0.25) is 4.99 Å². The molecule has 0 spiro atoms. The number of hydrogen-bond donors (Lipinski definition) is 2. The van der Waals surface area contributed by atoms with Gasteiger partial charge in [0.2, 0.25) is 5.89 Å². The van der Waals surface area contributed by atoms with Crippen molar-refractivity contribution in [2.75, 3.05) is 53.4 Å². The van der Waals surface area contributed by atoms with Gasteiger partial charge in [0.1, 0.15) is 6.26 Å². The molecule has 0 radical (unpaired) electrons. The lowest BCUT2D eigenvalue weighted by Gasteiger charge is -2.20. The van der Waals surface area contributed by atoms with Crippen molar-refractivity contribution in [3.8, 4) is 11.5 Å². The molecule has 7 heteroatoms. The van der Waals surface area contributed by atoms with Crippen LogP contribution in [0.4, 0.5) is 0 Å². The SMILES string of the molecule is CN=C(NCCCN1CCCN(C)CC1)NCc1coc(-c2ccccc2)n1. The molecule has 1 aliphatic rings. The van der Waals surface area contributed by atoms with E-state index in [1.165, 1.54) is 32.6 Å². The Morgan fingerprint density at radius 1 is 1.14 bits per heavy atom. The monoisotopic (exact) mass is 384 g/mol. The third kappa shape index (κ3) is 6.35. The van der Waals surface area contributed by atoms with Gasteiger partial charge in [0, 0.05) is 32.2 Å². The summed E-state index contributed by atoms with van der Waals surface area (Å²) in [5.41, 5.74) is 1.84. The average molecular weight is 385 g/mol. The number of likely N-dealkylation sites (N-methyl/N-ethyl adjacent to an activating group) is 1. The molecule has 1 aromatic carbocycles. The van der Waals surface area contributed by atoms with E-state index in [0.717, 1.165) is 36.7 Å². The highest BCUT2D eigenvalue weighted by Crippen LogP contribution is 2.17. The van der Waals surface area contributed by atoms with Crippen molar-refractivity contribution in [1.29, 1.82) is 0 Å². The van der Waals surface area contributed by atoms with Crippen LogP contribution in [0.3, 0.4) is 0 Å². The quantitative estimate of drug-likeness (QED) is 0.433. The van der Waals surface area contributed by atoms with Crippen molar-refractivity contribution < 1.29 is 4.42 Å². The Hall–Kier alpha value is -2.38. The molecule has 1 aromatic heterocycles. The molecule has 0 saturated carbocycles. The summed E-state index contributed by atoms with van der Waals surface area (Å²) in [7, 11) is 4.00. The lowest BCUT2D eigenvalue weighted by molar-refractivity contribution is 0.274. The summed E-state index contributed by atoms with van der Waals surface area (Å²) in [6.45, 7) is 7.35. The minimum atomic E-state index is 0.578. The zero-order valence-electron chi connectivity index (χ0n) is 17.0. The fourth-order valence-corrected chi connectivity index (χ4v) is 3.33. The van der Waals surface area contributed by atoms with Gasteiger partial charge in [-0.1, -0.05) is 18.2 Å². The molecule has 2 N–H and O–H groups in total. The van der Waals surface area contributed by atoms with Crippen LogP contribution in [0.25, 0.3) is 11.5 Å². The van der Waals surface area contributed by atoms with Gasteiger partial charge >= 0.3 is 0 Å². The molecule has 0 aliphatic carbocycles. The molecule has 3 rings (SSSR count). The number of hydrogen-bond acceptors (Lipinski definition) is 5. The lowest BCUT2D eigenvalue weighted by atomic mass is 10.2. The number of oxazole rings is 1. The fraction of sp³-hybridized carbons (Fsp3) is 0.524. The first-order chi connectivity index (χ1) is 13.7. The Morgan fingerprint density at radius 3 is 2.82 bits per heavy atom. The van der Waals surface area contributed by atoms with Crippen molar-refractivity contribution in [3.05, 3.63) is 42.3 Å². The molecule has 1 fully saturated rings. The minimum Gasteiger partial charge on any atom is -0.444 e. The van der Waals surface area contributed by atoms with E-state index in [0.29, 0.717) is 12.4 Å². The second-order valence-electron chi connectivity index (χ2n) is 7.21. The highest BCUT2D eigenvalue weighted by molar-refractivity contribution is 5.79. The van der Waals surface area contributed by atoms with Crippen molar-refractivity contribution in [2.45, 2.75) is 19.4 Å². The smallest absolute Gasteiger partial charge is 0.226 e. The summed E-state index contributed by atoms with van der Waals surface area (Å²) in [4.78, 5) is 13.8. The van der Waals surface area contributed by atoms with E-state index < -0.39 is 0 Å². The predicted molar refractivity (Wildman–Crippen MR) is 113 cm³/mol. The third-order valence-electron chi connectivity index (χ3n) is 4.99. The summed E-state index contributed by atoms with van der Waals surface area (Å²) in [6, 6.07) is 9.92. The zero-order valence-corrected chi connectivity index (χ0v) is 17.0. The van der Waals surface area contributed by atoms with E-state index in [2.05, 4.69) is 37.5 Å². The van der Waals surface area contributed by atoms with Crippen LogP contribution in [0.5, 0.6) is 0 Å². The largest absolute Gasteiger partial charge is 0.444 e. The fourth-order valence-electron chi connectivity index (χ4n) is 3.33. The number of guanidine groups is 1. The lowest BCUT2D eigenvalue weighted by Crippen LogP contribution is -2.38. The molecule has 1 saturated heterocycles. The Balaban J connectivity index is 1.36. The second-order valence-corrected chi connectivity index (χ2v) is 7.21. The Kier molecular flexibility index (Phi) is 7.87. The number of rotatable bonds is 7. The minimum absolute atomic E-state index is 0.578. The molecule has 7 nitrogen and oxygen atoms in total. The van der Waals surface area contributed by atoms with Gasteiger partial charge in [0.05, 0.1) is 12.2 Å². The van der Waals surface area contributed by atoms with Gasteiger partial charge in [-0.2, -0.15) is 0 Å². The van der Waals surface area contributed by atoms with Gasteiger partial charge in [0.25, 0.3) is 0 Å². The number of nitrogens with zero attached hydrogens (tertiary/aromatic N) is 4. The zero-order chi connectivity index (χ0) is 19.6. The molecule has 2 heterocycles. The van der Waals surface area contributed by atoms with Crippen LogP contribution in [0.2, 0.25) is 0 Å². The van der Waals surface area contributed by atoms with Gasteiger partial charge in [-0.15, -0.1) is 0 Å². The predicted octanol–water partition coefficient (Wildman–Crippen LogP) is 2.03. The maximum Gasteiger partial charge on any atom is 0.226 e. The number of aromatic nitrogens is 1. The molecule has 0 amide bonds. The topological polar surface area (TPSA) is 68.9 Å². The normalized spacial score (nSPS) is 16.7. The molecule has 0 unspecified atom stereocenters. The van der Waals surface area contributed by atoms with Crippen molar-refractivity contribution in [2.24, 2.45) is 4.99 Å². The average Bonchev–Trinajstić information content (AvgIpc) is 3.11. The summed E-state index contributed by atoms with van der Waals surface area (Å²) >= 11 is 0. The van der Waals surface area contributed by atoms with Crippen molar-refractivity contribution in [1.82, 2.24) is 25.4 Å². The van der Waals surface area contributed by atoms with E-state index in [1.807, 2.05) is 30.3 Å². The first-order valence-corrected chi connectivity index (χ1v) is 10.1. The van der Waals surface area contributed by atoms with Gasteiger partial charge in [-0.05, 0) is 51.7 Å². The van der Waals surface area contributed by atoms with Crippen LogP contribution in [-0.2, 0) is 6.54 Å². The summed E-state index contributed by atoms with van der Waals surface area (Å²) < 4.78 is 5.58. The number of benzene rings is 1. The standard InChI is InChI=1S/C21H32N6O/c1-22-21(23-10-6-12-27-13-7-11-26(2)14-15-27)24-16-19-17-28-20(25-19)18-8-4-3-5-9-18/h3-5,8-9,17H,6-7,10-16H2,1-2H3,(H2,22,23,24). The first-order valence-electron chi connectivity index (χ1n) is 10.1. The Bertz CT molecular complexity index is 730. The van der Waals surface area contributed by atoms with E-state index >= 15 is 0 Å². The van der Waals surface area contributed by atoms with Crippen LogP contribution in [0.15, 0.2) is 46.0 Å². The maximum absolute atomic E-state index is 5.58. The molecule has 1 aliphatic heterocycles. The van der Waals surface area contributed by atoms with Crippen LogP contribution in [-0.4, -0.2) is 74.1 Å².